The fourth-order valence-electron chi connectivity index (χ4n) is 2.56. The van der Waals surface area contributed by atoms with E-state index in [9.17, 15) is 4.79 Å². The highest BCUT2D eigenvalue weighted by atomic mass is 16.5. The predicted molar refractivity (Wildman–Crippen MR) is 98.9 cm³/mol. The number of anilines is 1. The van der Waals surface area contributed by atoms with Crippen LogP contribution in [0.1, 0.15) is 31.9 Å². The number of nitrogens with one attached hydrogen (secondary N) is 2. The van der Waals surface area contributed by atoms with Gasteiger partial charge in [-0.15, -0.1) is 0 Å². The van der Waals surface area contributed by atoms with Gasteiger partial charge in [-0.1, -0.05) is 51.1 Å². The molecule has 0 saturated carbocycles. The second-order valence-electron chi connectivity index (χ2n) is 6.78. The highest BCUT2D eigenvalue weighted by Crippen LogP contribution is 2.29. The smallest absolute Gasteiger partial charge is 0.319 e. The minimum Gasteiger partial charge on any atom is -0.497 e. The van der Waals surface area contributed by atoms with Gasteiger partial charge >= 0.3 is 6.03 Å². The minimum atomic E-state index is -0.186. The molecule has 0 aliphatic carbocycles. The number of hydrogen-bond donors (Lipinski definition) is 2. The zero-order valence-electron chi connectivity index (χ0n) is 14.8. The Bertz CT molecular complexity index is 690. The fourth-order valence-corrected chi connectivity index (χ4v) is 2.56. The van der Waals surface area contributed by atoms with Crippen molar-refractivity contribution in [1.29, 1.82) is 0 Å². The van der Waals surface area contributed by atoms with Crippen LogP contribution in [-0.2, 0) is 11.8 Å². The first-order valence-electron chi connectivity index (χ1n) is 8.17. The van der Waals surface area contributed by atoms with Gasteiger partial charge in [-0.05, 0) is 41.2 Å². The quantitative estimate of drug-likeness (QED) is 0.858. The van der Waals surface area contributed by atoms with Gasteiger partial charge in [-0.25, -0.2) is 4.79 Å². The molecule has 2 amide bonds. The fraction of sp³-hybridized carbons (Fsp3) is 0.350. The average Bonchev–Trinajstić information content (AvgIpc) is 2.54. The lowest BCUT2D eigenvalue weighted by molar-refractivity contribution is 0.252. The Morgan fingerprint density at radius 2 is 1.83 bits per heavy atom. The molecule has 0 bridgehead atoms. The largest absolute Gasteiger partial charge is 0.497 e. The Kier molecular flexibility index (Phi) is 5.85. The van der Waals surface area contributed by atoms with E-state index in [1.165, 1.54) is 0 Å². The second-order valence-corrected chi connectivity index (χ2v) is 6.78. The molecule has 0 aromatic heterocycles. The van der Waals surface area contributed by atoms with Crippen LogP contribution in [0.2, 0.25) is 0 Å². The van der Waals surface area contributed by atoms with Crippen molar-refractivity contribution in [2.75, 3.05) is 19.0 Å². The third kappa shape index (κ3) is 5.01. The summed E-state index contributed by atoms with van der Waals surface area (Å²) in [6.07, 6.45) is 0.755. The standard InChI is InChI=1S/C20H26N2O2/c1-20(2,3)17-10-5-6-11-18(17)22-19(23)21-13-12-15-8-7-9-16(14-15)24-4/h5-11,14H,12-13H2,1-4H3,(H2,21,22,23). The minimum absolute atomic E-state index is 0.0233. The number of rotatable bonds is 5. The summed E-state index contributed by atoms with van der Waals surface area (Å²) in [5, 5.41) is 5.86. The van der Waals surface area contributed by atoms with Crippen LogP contribution in [0.3, 0.4) is 0 Å². The number of urea groups is 1. The molecule has 0 heterocycles. The van der Waals surface area contributed by atoms with Gasteiger partial charge in [-0.3, -0.25) is 0 Å². The highest BCUT2D eigenvalue weighted by molar-refractivity contribution is 5.90. The van der Waals surface area contributed by atoms with E-state index in [0.29, 0.717) is 6.54 Å². The van der Waals surface area contributed by atoms with Crippen molar-refractivity contribution in [2.24, 2.45) is 0 Å². The van der Waals surface area contributed by atoms with Crippen molar-refractivity contribution in [3.05, 3.63) is 59.7 Å². The molecule has 0 spiro atoms. The van der Waals surface area contributed by atoms with Gasteiger partial charge in [0.1, 0.15) is 5.75 Å². The number of benzene rings is 2. The van der Waals surface area contributed by atoms with Crippen LogP contribution in [-0.4, -0.2) is 19.7 Å². The summed E-state index contributed by atoms with van der Waals surface area (Å²) in [6.45, 7) is 6.97. The van der Waals surface area contributed by atoms with Gasteiger partial charge in [0.05, 0.1) is 7.11 Å². The molecule has 2 rings (SSSR count). The molecule has 0 unspecified atom stereocenters. The zero-order valence-corrected chi connectivity index (χ0v) is 14.8. The number of hydrogen-bond acceptors (Lipinski definition) is 2. The van der Waals surface area contributed by atoms with Gasteiger partial charge in [0.15, 0.2) is 0 Å². The van der Waals surface area contributed by atoms with Crippen molar-refractivity contribution in [3.8, 4) is 5.75 Å². The molecule has 4 heteroatoms. The first-order chi connectivity index (χ1) is 11.4. The maximum atomic E-state index is 12.2. The highest BCUT2D eigenvalue weighted by Gasteiger charge is 2.18. The summed E-state index contributed by atoms with van der Waals surface area (Å²) in [4.78, 5) is 12.2. The van der Waals surface area contributed by atoms with Crippen LogP contribution in [0, 0.1) is 0 Å². The molecule has 2 aromatic carbocycles. The maximum absolute atomic E-state index is 12.2. The number of ether oxygens (including phenoxy) is 1. The van der Waals surface area contributed by atoms with E-state index in [2.05, 4.69) is 31.4 Å². The summed E-state index contributed by atoms with van der Waals surface area (Å²) in [5.41, 5.74) is 3.08. The lowest BCUT2D eigenvalue weighted by atomic mass is 9.86. The first-order valence-corrected chi connectivity index (χ1v) is 8.17. The lowest BCUT2D eigenvalue weighted by Crippen LogP contribution is -2.31. The molecule has 4 nitrogen and oxygen atoms in total. The Morgan fingerprint density at radius 1 is 1.08 bits per heavy atom. The Hall–Kier alpha value is -2.49. The maximum Gasteiger partial charge on any atom is 0.319 e. The first kappa shape index (κ1) is 17.9. The normalized spacial score (nSPS) is 11.0. The summed E-state index contributed by atoms with van der Waals surface area (Å²) in [6, 6.07) is 15.6. The van der Waals surface area contributed by atoms with Gasteiger partial charge in [0, 0.05) is 12.2 Å². The van der Waals surface area contributed by atoms with Crippen LogP contribution in [0.4, 0.5) is 10.5 Å². The summed E-state index contributed by atoms with van der Waals surface area (Å²) in [7, 11) is 1.65. The van der Waals surface area contributed by atoms with Crippen molar-refractivity contribution in [1.82, 2.24) is 5.32 Å². The molecule has 0 saturated heterocycles. The van der Waals surface area contributed by atoms with E-state index in [0.717, 1.165) is 29.0 Å². The molecule has 0 radical (unpaired) electrons. The number of carbonyl (C=O) groups is 1. The topological polar surface area (TPSA) is 50.4 Å². The number of amides is 2. The zero-order chi connectivity index (χ0) is 17.6. The van der Waals surface area contributed by atoms with Crippen molar-refractivity contribution < 1.29 is 9.53 Å². The molecule has 0 atom stereocenters. The monoisotopic (exact) mass is 326 g/mol. The molecule has 0 aliphatic heterocycles. The molecule has 2 aromatic rings. The molecule has 0 aliphatic rings. The average molecular weight is 326 g/mol. The summed E-state index contributed by atoms with van der Waals surface area (Å²) < 4.78 is 5.21. The SMILES string of the molecule is COc1cccc(CCNC(=O)Nc2ccccc2C(C)(C)C)c1. The molecular formula is C20H26N2O2. The third-order valence-electron chi connectivity index (χ3n) is 3.82. The van der Waals surface area contributed by atoms with Crippen LogP contribution >= 0.6 is 0 Å². The molecular weight excluding hydrogens is 300 g/mol. The van der Waals surface area contributed by atoms with Gasteiger partial charge in [-0.2, -0.15) is 0 Å². The Morgan fingerprint density at radius 3 is 2.54 bits per heavy atom. The van der Waals surface area contributed by atoms with E-state index in [1.807, 2.05) is 48.5 Å². The number of para-hydroxylation sites is 1. The lowest BCUT2D eigenvalue weighted by Gasteiger charge is -2.23. The molecule has 0 fully saturated rings. The van der Waals surface area contributed by atoms with E-state index in [-0.39, 0.29) is 11.4 Å². The predicted octanol–water partition coefficient (Wildman–Crippen LogP) is 4.36. The number of carbonyl (C=O) groups excluding carboxylic acids is 1. The van der Waals surface area contributed by atoms with Gasteiger partial charge < -0.3 is 15.4 Å². The van der Waals surface area contributed by atoms with Crippen molar-refractivity contribution >= 4 is 11.7 Å². The number of methoxy groups -OCH3 is 1. The summed E-state index contributed by atoms with van der Waals surface area (Å²) in [5.74, 6) is 0.830. The van der Waals surface area contributed by atoms with Gasteiger partial charge in [0.25, 0.3) is 0 Å². The van der Waals surface area contributed by atoms with Crippen LogP contribution in [0.15, 0.2) is 48.5 Å². The third-order valence-corrected chi connectivity index (χ3v) is 3.82. The Balaban J connectivity index is 1.90. The van der Waals surface area contributed by atoms with Crippen molar-refractivity contribution in [2.45, 2.75) is 32.6 Å². The molecule has 128 valence electrons. The van der Waals surface area contributed by atoms with E-state index in [1.54, 1.807) is 7.11 Å². The van der Waals surface area contributed by atoms with Gasteiger partial charge in [0.2, 0.25) is 0 Å². The van der Waals surface area contributed by atoms with E-state index in [4.69, 9.17) is 4.74 Å². The van der Waals surface area contributed by atoms with E-state index >= 15 is 0 Å². The molecule has 2 N–H and O–H groups in total. The molecule has 24 heavy (non-hydrogen) atoms. The van der Waals surface area contributed by atoms with Crippen LogP contribution in [0.25, 0.3) is 0 Å². The van der Waals surface area contributed by atoms with Crippen molar-refractivity contribution in [3.63, 3.8) is 0 Å². The Labute approximate surface area is 144 Å². The second kappa shape index (κ2) is 7.86. The van der Waals surface area contributed by atoms with Crippen LogP contribution in [0.5, 0.6) is 5.75 Å². The summed E-state index contributed by atoms with van der Waals surface area (Å²) >= 11 is 0. The van der Waals surface area contributed by atoms with Crippen LogP contribution < -0.4 is 15.4 Å². The van der Waals surface area contributed by atoms with E-state index < -0.39 is 0 Å².